The minimum absolute atomic E-state index is 0.258. The smallest absolute Gasteiger partial charge is 0.217 e. The monoisotopic (exact) mass is 275 g/mol. The van der Waals surface area contributed by atoms with Crippen LogP contribution in [0.25, 0.3) is 0 Å². The summed E-state index contributed by atoms with van der Waals surface area (Å²) in [5, 5.41) is 1.47. The molecule has 0 aliphatic carbocycles. The minimum atomic E-state index is 0.258. The molecule has 1 aliphatic rings. The van der Waals surface area contributed by atoms with Gasteiger partial charge in [0, 0.05) is 51.3 Å². The first-order chi connectivity index (χ1) is 9.58. The van der Waals surface area contributed by atoms with Crippen LogP contribution in [-0.4, -0.2) is 54.1 Å². The number of aromatic nitrogens is 1. The molecule has 108 valence electrons. The van der Waals surface area contributed by atoms with Crippen LogP contribution in [0.4, 0.5) is 5.69 Å². The summed E-state index contributed by atoms with van der Waals surface area (Å²) < 4.78 is 0. The van der Waals surface area contributed by atoms with E-state index in [2.05, 4.69) is 26.4 Å². The van der Waals surface area contributed by atoms with Gasteiger partial charge in [-0.3, -0.25) is 9.99 Å². The van der Waals surface area contributed by atoms with E-state index in [1.165, 1.54) is 10.7 Å². The molecule has 1 aromatic heterocycles. The van der Waals surface area contributed by atoms with Crippen molar-refractivity contribution in [2.45, 2.75) is 0 Å². The van der Waals surface area contributed by atoms with Crippen molar-refractivity contribution in [3.8, 4) is 0 Å². The molecule has 4 N–H and O–H groups in total. The molecule has 0 spiro atoms. The lowest BCUT2D eigenvalue weighted by atomic mass is 10.3. The normalized spacial score (nSPS) is 16.2. The lowest BCUT2D eigenvalue weighted by Crippen LogP contribution is -2.54. The molecule has 0 atom stereocenters. The van der Waals surface area contributed by atoms with Crippen LogP contribution in [-0.2, 0) is 0 Å². The van der Waals surface area contributed by atoms with Crippen LogP contribution in [0.1, 0.15) is 0 Å². The zero-order valence-electron chi connectivity index (χ0n) is 11.7. The van der Waals surface area contributed by atoms with Crippen molar-refractivity contribution in [2.75, 3.05) is 38.1 Å². The summed E-state index contributed by atoms with van der Waals surface area (Å²) in [5.74, 6) is 6.71. The maximum Gasteiger partial charge on any atom is 0.217 e. The maximum absolute atomic E-state index is 5.80. The molecule has 2 heterocycles. The summed E-state index contributed by atoms with van der Waals surface area (Å²) in [5.41, 5.74) is 6.73. The van der Waals surface area contributed by atoms with E-state index in [1.807, 2.05) is 12.1 Å². The first-order valence-electron chi connectivity index (χ1n) is 6.49. The van der Waals surface area contributed by atoms with Crippen LogP contribution < -0.4 is 16.5 Å². The lowest BCUT2D eigenvalue weighted by Gasteiger charge is -2.38. The van der Waals surface area contributed by atoms with Gasteiger partial charge in [0.05, 0.1) is 0 Å². The first kappa shape index (κ1) is 14.1. The number of guanidine groups is 1. The summed E-state index contributed by atoms with van der Waals surface area (Å²) in [6.45, 7) is 7.05. The zero-order chi connectivity index (χ0) is 14.5. The summed E-state index contributed by atoms with van der Waals surface area (Å²) in [7, 11) is 1.75. The van der Waals surface area contributed by atoms with E-state index in [9.17, 15) is 0 Å². The highest BCUT2D eigenvalue weighted by atomic mass is 15.5. The molecule has 1 aromatic rings. The van der Waals surface area contributed by atoms with Crippen molar-refractivity contribution in [1.29, 1.82) is 0 Å². The van der Waals surface area contributed by atoms with E-state index in [1.54, 1.807) is 19.4 Å². The number of nitrogens with two attached hydrogens (primary N) is 2. The Morgan fingerprint density at radius 2 is 1.90 bits per heavy atom. The van der Waals surface area contributed by atoms with Gasteiger partial charge in [-0.25, -0.2) is 5.84 Å². The average molecular weight is 275 g/mol. The zero-order valence-corrected chi connectivity index (χ0v) is 11.7. The molecule has 0 radical (unpaired) electrons. The third-order valence-corrected chi connectivity index (χ3v) is 3.15. The van der Waals surface area contributed by atoms with Gasteiger partial charge in [0.25, 0.3) is 0 Å². The quantitative estimate of drug-likeness (QED) is 0.336. The van der Waals surface area contributed by atoms with Crippen LogP contribution in [0.5, 0.6) is 0 Å². The molecule has 7 nitrogen and oxygen atoms in total. The molecule has 0 aromatic carbocycles. The molecule has 1 fully saturated rings. The number of rotatable bonds is 2. The second-order valence-electron chi connectivity index (χ2n) is 4.69. The Kier molecular flexibility index (Phi) is 4.41. The van der Waals surface area contributed by atoms with Gasteiger partial charge in [0.2, 0.25) is 5.96 Å². The van der Waals surface area contributed by atoms with Crippen molar-refractivity contribution < 1.29 is 0 Å². The van der Waals surface area contributed by atoms with E-state index in [4.69, 9.17) is 11.6 Å². The van der Waals surface area contributed by atoms with Crippen molar-refractivity contribution >= 4 is 11.6 Å². The largest absolute Gasteiger partial charge is 0.384 e. The molecular formula is C13H21N7. The predicted octanol–water partition coefficient (Wildman–Crippen LogP) is -0.205. The molecule has 1 saturated heterocycles. The van der Waals surface area contributed by atoms with Crippen LogP contribution in [0.2, 0.25) is 0 Å². The number of pyridine rings is 1. The standard InChI is InChI=1S/C13H21N7/c1-11(14)17-13(18(2)15)20-9-7-19(8-10-20)12-3-5-16-6-4-12/h3-6H,1,7-10,14-15H2,2H3/b17-13+. The Morgan fingerprint density at radius 3 is 2.40 bits per heavy atom. The molecule has 0 amide bonds. The Bertz CT molecular complexity index is 475. The van der Waals surface area contributed by atoms with Gasteiger partial charge in [-0.1, -0.05) is 6.58 Å². The third-order valence-electron chi connectivity index (χ3n) is 3.15. The average Bonchev–Trinajstić information content (AvgIpc) is 2.45. The molecular weight excluding hydrogens is 254 g/mol. The topological polar surface area (TPSA) is 87.0 Å². The Labute approximate surface area is 119 Å². The van der Waals surface area contributed by atoms with Crippen molar-refractivity contribution in [1.82, 2.24) is 14.9 Å². The highest BCUT2D eigenvalue weighted by Crippen LogP contribution is 2.15. The maximum atomic E-state index is 5.80. The van der Waals surface area contributed by atoms with Crippen molar-refractivity contribution in [2.24, 2.45) is 16.6 Å². The number of hydrogen-bond acceptors (Lipinski definition) is 5. The van der Waals surface area contributed by atoms with Gasteiger partial charge >= 0.3 is 0 Å². The Balaban J connectivity index is 2.02. The molecule has 2 rings (SSSR count). The summed E-state index contributed by atoms with van der Waals surface area (Å²) in [6, 6.07) is 4.03. The molecule has 20 heavy (non-hydrogen) atoms. The number of nitrogens with zero attached hydrogens (tertiary/aromatic N) is 5. The van der Waals surface area contributed by atoms with E-state index < -0.39 is 0 Å². The van der Waals surface area contributed by atoms with Crippen LogP contribution in [0.15, 0.2) is 41.9 Å². The highest BCUT2D eigenvalue weighted by molar-refractivity contribution is 5.80. The molecule has 7 heteroatoms. The van der Waals surface area contributed by atoms with Crippen molar-refractivity contribution in [3.05, 3.63) is 36.9 Å². The predicted molar refractivity (Wildman–Crippen MR) is 80.7 cm³/mol. The van der Waals surface area contributed by atoms with Gasteiger partial charge < -0.3 is 15.5 Å². The van der Waals surface area contributed by atoms with E-state index in [0.29, 0.717) is 5.96 Å². The van der Waals surface area contributed by atoms with Crippen LogP contribution in [0.3, 0.4) is 0 Å². The number of piperazine rings is 1. The highest BCUT2D eigenvalue weighted by Gasteiger charge is 2.21. The molecule has 0 bridgehead atoms. The van der Waals surface area contributed by atoms with Gasteiger partial charge in [-0.15, -0.1) is 0 Å². The van der Waals surface area contributed by atoms with Crippen molar-refractivity contribution in [3.63, 3.8) is 0 Å². The molecule has 1 aliphatic heterocycles. The Hall–Kier alpha value is -2.28. The summed E-state index contributed by atoms with van der Waals surface area (Å²) in [6.07, 6.45) is 3.61. The molecule has 0 unspecified atom stereocenters. The minimum Gasteiger partial charge on any atom is -0.384 e. The van der Waals surface area contributed by atoms with Gasteiger partial charge in [0.15, 0.2) is 0 Å². The Morgan fingerprint density at radius 1 is 1.30 bits per heavy atom. The number of hydrogen-bond donors (Lipinski definition) is 2. The SMILES string of the molecule is C=C(N)/N=C(\N(C)N)N1CCN(c2ccncc2)CC1. The second-order valence-corrected chi connectivity index (χ2v) is 4.69. The third kappa shape index (κ3) is 3.39. The van der Waals surface area contributed by atoms with Gasteiger partial charge in [-0.05, 0) is 12.1 Å². The van der Waals surface area contributed by atoms with Crippen LogP contribution >= 0.6 is 0 Å². The summed E-state index contributed by atoms with van der Waals surface area (Å²) in [4.78, 5) is 12.6. The lowest BCUT2D eigenvalue weighted by molar-refractivity contribution is 0.329. The van der Waals surface area contributed by atoms with E-state index >= 15 is 0 Å². The summed E-state index contributed by atoms with van der Waals surface area (Å²) >= 11 is 0. The van der Waals surface area contributed by atoms with E-state index in [-0.39, 0.29) is 5.82 Å². The van der Waals surface area contributed by atoms with Gasteiger partial charge in [0.1, 0.15) is 5.82 Å². The first-order valence-corrected chi connectivity index (χ1v) is 6.49. The number of hydrazine groups is 1. The van der Waals surface area contributed by atoms with Crippen LogP contribution in [0, 0.1) is 0 Å². The number of anilines is 1. The molecule has 0 saturated carbocycles. The second kappa shape index (κ2) is 6.25. The fourth-order valence-corrected chi connectivity index (χ4v) is 2.22. The fraction of sp³-hybridized carbons (Fsp3) is 0.385. The van der Waals surface area contributed by atoms with Gasteiger partial charge in [-0.2, -0.15) is 4.99 Å². The van der Waals surface area contributed by atoms with E-state index in [0.717, 1.165) is 26.2 Å². The number of aliphatic imine (C=N–C) groups is 1. The fourth-order valence-electron chi connectivity index (χ4n) is 2.22.